The Labute approximate surface area is 72.2 Å². The lowest BCUT2D eigenvalue weighted by molar-refractivity contribution is 0.190. The molecule has 68 valence electrons. The molecule has 0 atom stereocenters. The van der Waals surface area contributed by atoms with Crippen LogP contribution in [0.25, 0.3) is 0 Å². The third-order valence-corrected chi connectivity index (χ3v) is 1.35. The van der Waals surface area contributed by atoms with Crippen molar-refractivity contribution in [3.05, 3.63) is 29.3 Å². The quantitative estimate of drug-likeness (QED) is 0.710. The second-order valence-electron chi connectivity index (χ2n) is 2.13. The topological polar surface area (TPSA) is 33.0 Å². The Morgan fingerprint density at radius 2 is 1.92 bits per heavy atom. The highest BCUT2D eigenvalue weighted by atomic mass is 19.2. The summed E-state index contributed by atoms with van der Waals surface area (Å²) in [6, 6.07) is 2.84. The maximum absolute atomic E-state index is 12.5. The molecule has 0 saturated heterocycles. The van der Waals surface area contributed by atoms with Crippen LogP contribution < -0.4 is 4.74 Å². The molecule has 0 aliphatic carbocycles. The average Bonchev–Trinajstić information content (AvgIpc) is 2.11. The van der Waals surface area contributed by atoms with Gasteiger partial charge in [0.25, 0.3) is 0 Å². The summed E-state index contributed by atoms with van der Waals surface area (Å²) in [4.78, 5) is 0. The smallest absolute Gasteiger partial charge is 0.228 e. The SMILES string of the molecule is N#Cc1cc(F)c(F)cc1OCF. The molecule has 1 aromatic rings. The second-order valence-corrected chi connectivity index (χ2v) is 2.13. The normalized spacial score (nSPS) is 9.38. The van der Waals surface area contributed by atoms with Crippen molar-refractivity contribution in [3.8, 4) is 11.8 Å². The first-order chi connectivity index (χ1) is 6.19. The number of hydrogen-bond acceptors (Lipinski definition) is 2. The van der Waals surface area contributed by atoms with Crippen LogP contribution in [0.2, 0.25) is 0 Å². The molecule has 5 heteroatoms. The van der Waals surface area contributed by atoms with Crippen LogP contribution in [0.15, 0.2) is 12.1 Å². The fourth-order valence-corrected chi connectivity index (χ4v) is 0.794. The van der Waals surface area contributed by atoms with Crippen LogP contribution in [0, 0.1) is 23.0 Å². The minimum Gasteiger partial charge on any atom is -0.461 e. The van der Waals surface area contributed by atoms with Gasteiger partial charge < -0.3 is 4.74 Å². The fraction of sp³-hybridized carbons (Fsp3) is 0.125. The van der Waals surface area contributed by atoms with E-state index in [9.17, 15) is 13.2 Å². The standard InChI is InChI=1S/C8H4F3NO/c9-4-13-8-2-7(11)6(10)1-5(8)3-12/h1-2H,4H2. The molecule has 0 bridgehead atoms. The van der Waals surface area contributed by atoms with Gasteiger partial charge in [-0.1, -0.05) is 0 Å². The van der Waals surface area contributed by atoms with Gasteiger partial charge in [-0.15, -0.1) is 0 Å². The number of nitriles is 1. The fourth-order valence-electron chi connectivity index (χ4n) is 0.794. The number of hydrogen-bond donors (Lipinski definition) is 0. The molecule has 0 amide bonds. The molecule has 0 unspecified atom stereocenters. The number of nitrogens with zero attached hydrogens (tertiary/aromatic N) is 1. The van der Waals surface area contributed by atoms with Crippen LogP contribution in [0.4, 0.5) is 13.2 Å². The van der Waals surface area contributed by atoms with Crippen molar-refractivity contribution in [2.75, 3.05) is 6.86 Å². The molecule has 0 saturated carbocycles. The van der Waals surface area contributed by atoms with Gasteiger partial charge in [0, 0.05) is 6.07 Å². The first-order valence-electron chi connectivity index (χ1n) is 3.27. The molecule has 0 spiro atoms. The predicted octanol–water partition coefficient (Wildman–Crippen LogP) is 2.14. The summed E-state index contributed by atoms with van der Waals surface area (Å²) in [5.74, 6) is -2.64. The first-order valence-corrected chi connectivity index (χ1v) is 3.27. The second kappa shape index (κ2) is 3.81. The summed E-state index contributed by atoms with van der Waals surface area (Å²) in [7, 11) is 0. The van der Waals surface area contributed by atoms with Gasteiger partial charge in [0.2, 0.25) is 6.86 Å². The Morgan fingerprint density at radius 3 is 2.46 bits per heavy atom. The summed E-state index contributed by atoms with van der Waals surface area (Å²) in [5.41, 5.74) is -0.239. The van der Waals surface area contributed by atoms with Crippen molar-refractivity contribution in [2.45, 2.75) is 0 Å². The number of benzene rings is 1. The zero-order valence-electron chi connectivity index (χ0n) is 6.35. The van der Waals surface area contributed by atoms with E-state index in [0.717, 1.165) is 0 Å². The summed E-state index contributed by atoms with van der Waals surface area (Å²) in [6.07, 6.45) is 0. The van der Waals surface area contributed by atoms with E-state index in [4.69, 9.17) is 5.26 Å². The van der Waals surface area contributed by atoms with Crippen LogP contribution in [-0.4, -0.2) is 6.86 Å². The van der Waals surface area contributed by atoms with Crippen LogP contribution in [0.3, 0.4) is 0 Å². The summed E-state index contributed by atoms with van der Waals surface area (Å²) >= 11 is 0. The highest BCUT2D eigenvalue weighted by Crippen LogP contribution is 2.21. The Balaban J connectivity index is 3.18. The monoisotopic (exact) mass is 187 g/mol. The van der Waals surface area contributed by atoms with E-state index in [0.29, 0.717) is 12.1 Å². The predicted molar refractivity (Wildman–Crippen MR) is 37.7 cm³/mol. The summed E-state index contributed by atoms with van der Waals surface area (Å²) < 4.78 is 41.0. The molecular weight excluding hydrogens is 183 g/mol. The molecule has 0 aliphatic heterocycles. The molecule has 1 aromatic carbocycles. The third kappa shape index (κ3) is 1.90. The molecule has 0 radical (unpaired) electrons. The zero-order chi connectivity index (χ0) is 9.84. The van der Waals surface area contributed by atoms with Gasteiger partial charge in [0.05, 0.1) is 5.56 Å². The molecule has 1 rings (SSSR count). The number of alkyl halides is 1. The molecule has 0 fully saturated rings. The maximum Gasteiger partial charge on any atom is 0.228 e. The lowest BCUT2D eigenvalue weighted by atomic mass is 10.2. The number of rotatable bonds is 2. The van der Waals surface area contributed by atoms with E-state index in [1.165, 1.54) is 0 Å². The molecule has 0 aliphatic rings. The van der Waals surface area contributed by atoms with Crippen LogP contribution in [0.5, 0.6) is 5.75 Å². The number of halogens is 3. The van der Waals surface area contributed by atoms with Crippen LogP contribution in [0.1, 0.15) is 5.56 Å². The first kappa shape index (κ1) is 9.39. The van der Waals surface area contributed by atoms with E-state index < -0.39 is 18.5 Å². The van der Waals surface area contributed by atoms with Gasteiger partial charge in [-0.05, 0) is 6.07 Å². The van der Waals surface area contributed by atoms with E-state index in [-0.39, 0.29) is 11.3 Å². The molecule has 2 nitrogen and oxygen atoms in total. The molecule has 0 N–H and O–H groups in total. The maximum atomic E-state index is 12.5. The van der Waals surface area contributed by atoms with E-state index in [1.807, 2.05) is 0 Å². The Morgan fingerprint density at radius 1 is 1.31 bits per heavy atom. The van der Waals surface area contributed by atoms with E-state index >= 15 is 0 Å². The van der Waals surface area contributed by atoms with Crippen molar-refractivity contribution in [1.29, 1.82) is 5.26 Å². The molecule has 0 heterocycles. The van der Waals surface area contributed by atoms with Crippen molar-refractivity contribution in [1.82, 2.24) is 0 Å². The van der Waals surface area contributed by atoms with E-state index in [1.54, 1.807) is 6.07 Å². The average molecular weight is 187 g/mol. The third-order valence-electron chi connectivity index (χ3n) is 1.35. The lowest BCUT2D eigenvalue weighted by Gasteiger charge is -2.03. The lowest BCUT2D eigenvalue weighted by Crippen LogP contribution is -1.96. The van der Waals surface area contributed by atoms with Crippen LogP contribution in [-0.2, 0) is 0 Å². The van der Waals surface area contributed by atoms with Crippen molar-refractivity contribution in [2.24, 2.45) is 0 Å². The van der Waals surface area contributed by atoms with Gasteiger partial charge in [0.15, 0.2) is 11.6 Å². The van der Waals surface area contributed by atoms with Crippen molar-refractivity contribution >= 4 is 0 Å². The Bertz CT molecular complexity index is 359. The van der Waals surface area contributed by atoms with Gasteiger partial charge in [-0.25, -0.2) is 13.2 Å². The van der Waals surface area contributed by atoms with Gasteiger partial charge >= 0.3 is 0 Å². The van der Waals surface area contributed by atoms with Gasteiger partial charge in [-0.2, -0.15) is 5.26 Å². The largest absolute Gasteiger partial charge is 0.461 e. The van der Waals surface area contributed by atoms with E-state index in [2.05, 4.69) is 4.74 Å². The molecule has 0 aromatic heterocycles. The minimum absolute atomic E-state index is 0.239. The van der Waals surface area contributed by atoms with Crippen molar-refractivity contribution < 1.29 is 17.9 Å². The summed E-state index contributed by atoms with van der Waals surface area (Å²) in [5, 5.41) is 8.42. The molecular formula is C8H4F3NO. The Kier molecular flexibility index (Phi) is 2.75. The highest BCUT2D eigenvalue weighted by molar-refractivity contribution is 5.43. The number of ether oxygens (including phenoxy) is 1. The minimum atomic E-state index is -1.19. The highest BCUT2D eigenvalue weighted by Gasteiger charge is 2.10. The Hall–Kier alpha value is -1.70. The van der Waals surface area contributed by atoms with Crippen molar-refractivity contribution in [3.63, 3.8) is 0 Å². The van der Waals surface area contributed by atoms with Crippen LogP contribution >= 0.6 is 0 Å². The summed E-state index contributed by atoms with van der Waals surface area (Å²) in [6.45, 7) is -1.19. The van der Waals surface area contributed by atoms with Gasteiger partial charge in [0.1, 0.15) is 11.8 Å². The van der Waals surface area contributed by atoms with Gasteiger partial charge in [-0.3, -0.25) is 0 Å². The molecule has 13 heavy (non-hydrogen) atoms. The zero-order valence-corrected chi connectivity index (χ0v) is 6.35.